The molecule has 0 saturated heterocycles. The van der Waals surface area contributed by atoms with Crippen molar-refractivity contribution in [2.24, 2.45) is 29.4 Å². The standard InChI is InChI=1S/C30H49NO3/c1-24(32)29(30(33)34)28(21-20-26-17-11-7-12-18-26)27(22-23-31)19-13-5-3-2-4-8-14-25-15-9-6-10-16-25/h2,4,7,11-12,17-18,24-25,27-29,32H,3,5-6,8-10,13-16,19-23,31H2,1H3,(H,33,34)/b4-2-/t24-,27-,28+,29-/m0/s1. The Morgan fingerprint density at radius 3 is 2.38 bits per heavy atom. The number of hydrogen-bond acceptors (Lipinski definition) is 3. The van der Waals surface area contributed by atoms with Crippen LogP contribution in [0.4, 0.5) is 0 Å². The number of benzene rings is 1. The summed E-state index contributed by atoms with van der Waals surface area (Å²) in [5, 5.41) is 20.2. The van der Waals surface area contributed by atoms with E-state index >= 15 is 0 Å². The van der Waals surface area contributed by atoms with Crippen LogP contribution in [0.2, 0.25) is 0 Å². The molecular formula is C30H49NO3. The molecule has 0 radical (unpaired) electrons. The predicted octanol–water partition coefficient (Wildman–Crippen LogP) is 6.76. The number of carboxylic acid groups (broad SMARTS) is 1. The maximum atomic E-state index is 12.1. The molecule has 0 heterocycles. The number of unbranched alkanes of at least 4 members (excludes halogenated alkanes) is 2. The van der Waals surface area contributed by atoms with Gasteiger partial charge in [0.2, 0.25) is 0 Å². The van der Waals surface area contributed by atoms with E-state index in [9.17, 15) is 15.0 Å². The van der Waals surface area contributed by atoms with Crippen LogP contribution in [0.3, 0.4) is 0 Å². The quantitative estimate of drug-likeness (QED) is 0.173. The number of aliphatic hydroxyl groups is 1. The van der Waals surface area contributed by atoms with Gasteiger partial charge in [-0.25, -0.2) is 0 Å². The van der Waals surface area contributed by atoms with E-state index in [2.05, 4.69) is 24.3 Å². The Kier molecular flexibility index (Phi) is 14.2. The van der Waals surface area contributed by atoms with Crippen molar-refractivity contribution in [2.45, 2.75) is 103 Å². The number of carboxylic acids is 1. The molecular weight excluding hydrogens is 422 g/mol. The first kappa shape index (κ1) is 28.6. The van der Waals surface area contributed by atoms with Crippen molar-refractivity contribution >= 4 is 5.97 Å². The number of allylic oxidation sites excluding steroid dienone is 2. The first-order chi connectivity index (χ1) is 16.5. The molecule has 4 N–H and O–H groups in total. The lowest BCUT2D eigenvalue weighted by molar-refractivity contribution is -0.149. The topological polar surface area (TPSA) is 83.5 Å². The number of nitrogens with two attached hydrogens (primary N) is 1. The average Bonchev–Trinajstić information content (AvgIpc) is 2.83. The molecule has 1 aromatic rings. The van der Waals surface area contributed by atoms with Crippen LogP contribution in [0.15, 0.2) is 42.5 Å². The van der Waals surface area contributed by atoms with Crippen molar-refractivity contribution in [2.75, 3.05) is 6.54 Å². The summed E-state index contributed by atoms with van der Waals surface area (Å²) in [7, 11) is 0. The van der Waals surface area contributed by atoms with E-state index in [1.54, 1.807) is 6.92 Å². The van der Waals surface area contributed by atoms with Crippen LogP contribution in [0.25, 0.3) is 0 Å². The third-order valence-electron chi connectivity index (χ3n) is 7.85. The van der Waals surface area contributed by atoms with Crippen LogP contribution < -0.4 is 5.73 Å². The van der Waals surface area contributed by atoms with Crippen molar-refractivity contribution in [1.29, 1.82) is 0 Å². The predicted molar refractivity (Wildman–Crippen MR) is 142 cm³/mol. The van der Waals surface area contributed by atoms with E-state index in [4.69, 9.17) is 5.73 Å². The summed E-state index contributed by atoms with van der Waals surface area (Å²) >= 11 is 0. The molecule has 1 aliphatic carbocycles. The number of rotatable bonds is 17. The van der Waals surface area contributed by atoms with E-state index in [-0.39, 0.29) is 11.8 Å². The summed E-state index contributed by atoms with van der Waals surface area (Å²) in [4.78, 5) is 12.1. The highest BCUT2D eigenvalue weighted by Crippen LogP contribution is 2.35. The maximum absolute atomic E-state index is 12.1. The molecule has 0 unspecified atom stereocenters. The van der Waals surface area contributed by atoms with Gasteiger partial charge in [-0.15, -0.1) is 0 Å². The molecule has 34 heavy (non-hydrogen) atoms. The maximum Gasteiger partial charge on any atom is 0.309 e. The zero-order chi connectivity index (χ0) is 24.6. The highest BCUT2D eigenvalue weighted by molar-refractivity contribution is 5.71. The van der Waals surface area contributed by atoms with E-state index < -0.39 is 18.0 Å². The molecule has 4 heteroatoms. The fraction of sp³-hybridized carbons (Fsp3) is 0.700. The Bertz CT molecular complexity index is 682. The molecule has 0 spiro atoms. The summed E-state index contributed by atoms with van der Waals surface area (Å²) in [5.41, 5.74) is 7.17. The highest BCUT2D eigenvalue weighted by Gasteiger charge is 2.36. The zero-order valence-electron chi connectivity index (χ0n) is 21.4. The largest absolute Gasteiger partial charge is 0.481 e. The smallest absolute Gasteiger partial charge is 0.309 e. The third kappa shape index (κ3) is 10.7. The van der Waals surface area contributed by atoms with Gasteiger partial charge in [0, 0.05) is 0 Å². The molecule has 1 aliphatic rings. The molecule has 0 bridgehead atoms. The van der Waals surface area contributed by atoms with Crippen LogP contribution in [0, 0.1) is 23.7 Å². The fourth-order valence-electron chi connectivity index (χ4n) is 5.93. The summed E-state index contributed by atoms with van der Waals surface area (Å²) in [6.07, 6.45) is 20.2. The van der Waals surface area contributed by atoms with Crippen molar-refractivity contribution in [3.05, 3.63) is 48.0 Å². The Labute approximate surface area is 208 Å². The number of hydrogen-bond donors (Lipinski definition) is 3. The van der Waals surface area contributed by atoms with Gasteiger partial charge in [-0.3, -0.25) is 4.79 Å². The monoisotopic (exact) mass is 471 g/mol. The molecule has 4 nitrogen and oxygen atoms in total. The fourth-order valence-corrected chi connectivity index (χ4v) is 5.93. The van der Waals surface area contributed by atoms with E-state index in [1.807, 2.05) is 18.2 Å². The molecule has 1 aromatic carbocycles. The van der Waals surface area contributed by atoms with Gasteiger partial charge in [-0.1, -0.05) is 87.4 Å². The lowest BCUT2D eigenvalue weighted by Crippen LogP contribution is -2.38. The second-order valence-electron chi connectivity index (χ2n) is 10.5. The van der Waals surface area contributed by atoms with Gasteiger partial charge in [0.25, 0.3) is 0 Å². The molecule has 2 rings (SSSR count). The van der Waals surface area contributed by atoms with Gasteiger partial charge in [-0.05, 0) is 81.7 Å². The van der Waals surface area contributed by atoms with Crippen molar-refractivity contribution in [1.82, 2.24) is 0 Å². The average molecular weight is 472 g/mol. The van der Waals surface area contributed by atoms with Gasteiger partial charge in [0.1, 0.15) is 0 Å². The van der Waals surface area contributed by atoms with Crippen LogP contribution in [0.5, 0.6) is 0 Å². The molecule has 0 aliphatic heterocycles. The summed E-state index contributed by atoms with van der Waals surface area (Å²) in [6, 6.07) is 10.2. The molecule has 0 aromatic heterocycles. The summed E-state index contributed by atoms with van der Waals surface area (Å²) in [5.74, 6) is -0.553. The molecule has 4 atom stereocenters. The summed E-state index contributed by atoms with van der Waals surface area (Å²) < 4.78 is 0. The number of aliphatic carboxylic acids is 1. The Hall–Kier alpha value is -1.65. The zero-order valence-corrected chi connectivity index (χ0v) is 21.4. The van der Waals surface area contributed by atoms with E-state index in [0.717, 1.165) is 50.9 Å². The van der Waals surface area contributed by atoms with Crippen LogP contribution in [0.1, 0.15) is 96.0 Å². The van der Waals surface area contributed by atoms with E-state index in [1.165, 1.54) is 50.5 Å². The van der Waals surface area contributed by atoms with Crippen LogP contribution in [-0.2, 0) is 11.2 Å². The van der Waals surface area contributed by atoms with Gasteiger partial charge < -0.3 is 15.9 Å². The number of aryl methyl sites for hydroxylation is 1. The second kappa shape index (κ2) is 16.9. The lowest BCUT2D eigenvalue weighted by atomic mass is 9.72. The molecule has 1 saturated carbocycles. The minimum Gasteiger partial charge on any atom is -0.481 e. The third-order valence-corrected chi connectivity index (χ3v) is 7.85. The highest BCUT2D eigenvalue weighted by atomic mass is 16.4. The number of aliphatic hydroxyl groups excluding tert-OH is 1. The Balaban J connectivity index is 1.85. The first-order valence-corrected chi connectivity index (χ1v) is 13.8. The first-order valence-electron chi connectivity index (χ1n) is 13.8. The lowest BCUT2D eigenvalue weighted by Gasteiger charge is -2.33. The van der Waals surface area contributed by atoms with Crippen LogP contribution >= 0.6 is 0 Å². The van der Waals surface area contributed by atoms with E-state index in [0.29, 0.717) is 6.54 Å². The van der Waals surface area contributed by atoms with Gasteiger partial charge in [0.05, 0.1) is 12.0 Å². The van der Waals surface area contributed by atoms with Crippen molar-refractivity contribution < 1.29 is 15.0 Å². The summed E-state index contributed by atoms with van der Waals surface area (Å²) in [6.45, 7) is 2.17. The minimum atomic E-state index is -0.893. The Morgan fingerprint density at radius 1 is 1.03 bits per heavy atom. The van der Waals surface area contributed by atoms with Gasteiger partial charge >= 0.3 is 5.97 Å². The molecule has 192 valence electrons. The Morgan fingerprint density at radius 2 is 1.74 bits per heavy atom. The second-order valence-corrected chi connectivity index (χ2v) is 10.5. The SMILES string of the molecule is C[C@H](O)[C@H](C(=O)O)[C@H](CCc1ccccc1)[C@H](CCN)CCCC/C=C\CCC1CCCCC1. The number of carbonyl (C=O) groups is 1. The minimum absolute atomic E-state index is 0.0766. The van der Waals surface area contributed by atoms with Crippen molar-refractivity contribution in [3.8, 4) is 0 Å². The van der Waals surface area contributed by atoms with Crippen molar-refractivity contribution in [3.63, 3.8) is 0 Å². The van der Waals surface area contributed by atoms with Gasteiger partial charge in [-0.2, -0.15) is 0 Å². The normalized spacial score (nSPS) is 18.6. The van der Waals surface area contributed by atoms with Gasteiger partial charge in [0.15, 0.2) is 0 Å². The molecule has 1 fully saturated rings. The molecule has 0 amide bonds. The van der Waals surface area contributed by atoms with Crippen LogP contribution in [-0.4, -0.2) is 28.8 Å².